The maximum atomic E-state index is 12.6. The van der Waals surface area contributed by atoms with Crippen molar-refractivity contribution in [3.05, 3.63) is 16.1 Å². The van der Waals surface area contributed by atoms with Crippen molar-refractivity contribution < 1.29 is 23.9 Å². The second-order valence-electron chi connectivity index (χ2n) is 8.29. The lowest BCUT2D eigenvalue weighted by atomic mass is 9.58. The van der Waals surface area contributed by atoms with Crippen LogP contribution < -0.4 is 11.1 Å². The van der Waals surface area contributed by atoms with Gasteiger partial charge in [-0.1, -0.05) is 20.8 Å². The summed E-state index contributed by atoms with van der Waals surface area (Å²) < 4.78 is 10.3. The maximum Gasteiger partial charge on any atom is 0.311 e. The van der Waals surface area contributed by atoms with Gasteiger partial charge in [0.25, 0.3) is 5.91 Å². The topological polar surface area (TPSA) is 121 Å². The lowest BCUT2D eigenvalue weighted by molar-refractivity contribution is -0.164. The van der Waals surface area contributed by atoms with Gasteiger partial charge in [-0.15, -0.1) is 11.3 Å². The molecule has 0 spiro atoms. The number of hydrogen-bond acceptors (Lipinski definition) is 8. The van der Waals surface area contributed by atoms with Crippen molar-refractivity contribution in [1.29, 1.82) is 0 Å². The van der Waals surface area contributed by atoms with Crippen molar-refractivity contribution in [1.82, 2.24) is 10.3 Å². The first-order valence-corrected chi connectivity index (χ1v) is 10.6. The monoisotopic (exact) mass is 425 g/mol. The molecule has 1 heterocycles. The van der Waals surface area contributed by atoms with E-state index in [9.17, 15) is 14.4 Å². The molecule has 29 heavy (non-hydrogen) atoms. The summed E-state index contributed by atoms with van der Waals surface area (Å²) in [4.78, 5) is 40.4. The Bertz CT molecular complexity index is 765. The van der Waals surface area contributed by atoms with Gasteiger partial charge in [-0.2, -0.15) is 0 Å². The molecule has 1 aromatic rings. The van der Waals surface area contributed by atoms with Crippen LogP contribution in [0.15, 0.2) is 5.38 Å². The van der Waals surface area contributed by atoms with Gasteiger partial charge in [0, 0.05) is 30.8 Å². The van der Waals surface area contributed by atoms with E-state index < -0.39 is 17.5 Å². The number of hydrogen-bond donors (Lipinski definition) is 2. The molecule has 3 N–H and O–H groups in total. The van der Waals surface area contributed by atoms with Gasteiger partial charge in [-0.05, 0) is 25.2 Å². The fraction of sp³-hybridized carbons (Fsp3) is 0.700. The number of nitrogens with one attached hydrogen (secondary N) is 1. The minimum absolute atomic E-state index is 0.0464. The molecule has 0 aliphatic heterocycles. The largest absolute Gasteiger partial charge is 0.469 e. The minimum Gasteiger partial charge on any atom is -0.469 e. The second kappa shape index (κ2) is 9.21. The van der Waals surface area contributed by atoms with E-state index in [-0.39, 0.29) is 41.5 Å². The number of ether oxygens (including phenoxy) is 2. The van der Waals surface area contributed by atoms with Crippen LogP contribution >= 0.6 is 11.3 Å². The molecule has 4 unspecified atom stereocenters. The van der Waals surface area contributed by atoms with Crippen molar-refractivity contribution in [3.63, 3.8) is 0 Å². The molecule has 0 radical (unpaired) electrons. The summed E-state index contributed by atoms with van der Waals surface area (Å²) in [6, 6.07) is -0.289. The van der Waals surface area contributed by atoms with Crippen LogP contribution in [0.25, 0.3) is 0 Å². The standard InChI is InChI=1S/C20H31N3O5S/c1-10(2)13(21)7-16(28-12(4)24)18-23-15(9-29-18)17(25)22-14-8-20(5,11(14)3)19(26)27-6/h9-11,13-14,16H,7-8,21H2,1-6H3,(H,22,25)/t11?,13?,14?,16-,20?/m1/s1. The number of aromatic nitrogens is 1. The van der Waals surface area contributed by atoms with Crippen molar-refractivity contribution in [2.24, 2.45) is 23.0 Å². The third kappa shape index (κ3) is 5.14. The van der Waals surface area contributed by atoms with Crippen LogP contribution in [0.4, 0.5) is 0 Å². The van der Waals surface area contributed by atoms with Gasteiger partial charge in [-0.25, -0.2) is 4.98 Å². The van der Waals surface area contributed by atoms with Crippen LogP contribution in [-0.2, 0) is 19.1 Å². The smallest absolute Gasteiger partial charge is 0.311 e. The van der Waals surface area contributed by atoms with E-state index in [0.717, 1.165) is 0 Å². The van der Waals surface area contributed by atoms with E-state index in [0.29, 0.717) is 17.8 Å². The zero-order valence-electron chi connectivity index (χ0n) is 17.9. The summed E-state index contributed by atoms with van der Waals surface area (Å²) in [6.07, 6.45) is 0.368. The number of nitrogens with two attached hydrogens (primary N) is 1. The Kier molecular flexibility index (Phi) is 7.40. The molecule has 1 amide bonds. The minimum atomic E-state index is -0.590. The number of carbonyl (C=O) groups excluding carboxylic acids is 3. The van der Waals surface area contributed by atoms with Crippen LogP contribution in [0.5, 0.6) is 0 Å². The lowest BCUT2D eigenvalue weighted by Crippen LogP contribution is -2.60. The van der Waals surface area contributed by atoms with Crippen molar-refractivity contribution in [2.45, 2.75) is 65.6 Å². The molecule has 1 aliphatic carbocycles. The molecule has 0 aromatic carbocycles. The number of rotatable bonds is 8. The Morgan fingerprint density at radius 2 is 2.07 bits per heavy atom. The van der Waals surface area contributed by atoms with Crippen LogP contribution in [-0.4, -0.2) is 42.0 Å². The van der Waals surface area contributed by atoms with Gasteiger partial charge in [0.2, 0.25) is 0 Å². The Hall–Kier alpha value is -2.00. The highest BCUT2D eigenvalue weighted by atomic mass is 32.1. The summed E-state index contributed by atoms with van der Waals surface area (Å²) >= 11 is 1.26. The summed E-state index contributed by atoms with van der Waals surface area (Å²) in [5.74, 6) is -0.824. The molecule has 5 atom stereocenters. The Morgan fingerprint density at radius 3 is 2.59 bits per heavy atom. The number of amides is 1. The number of carbonyl (C=O) groups is 3. The number of methoxy groups -OCH3 is 1. The quantitative estimate of drug-likeness (QED) is 0.614. The van der Waals surface area contributed by atoms with Crippen molar-refractivity contribution in [2.75, 3.05) is 7.11 Å². The first-order valence-electron chi connectivity index (χ1n) is 9.77. The normalized spacial score (nSPS) is 25.7. The molecule has 9 heteroatoms. The van der Waals surface area contributed by atoms with Gasteiger partial charge in [0.1, 0.15) is 10.7 Å². The summed E-state index contributed by atoms with van der Waals surface area (Å²) in [5.41, 5.74) is 5.81. The summed E-state index contributed by atoms with van der Waals surface area (Å²) in [5, 5.41) is 5.12. The van der Waals surface area contributed by atoms with Crippen LogP contribution in [0.3, 0.4) is 0 Å². The molecular formula is C20H31N3O5S. The highest BCUT2D eigenvalue weighted by molar-refractivity contribution is 7.09. The van der Waals surface area contributed by atoms with Crippen molar-refractivity contribution in [3.8, 4) is 0 Å². The Morgan fingerprint density at radius 1 is 1.41 bits per heavy atom. The third-order valence-electron chi connectivity index (χ3n) is 5.90. The maximum absolute atomic E-state index is 12.6. The highest BCUT2D eigenvalue weighted by Crippen LogP contribution is 2.47. The fourth-order valence-corrected chi connectivity index (χ4v) is 4.32. The molecule has 1 aliphatic rings. The third-order valence-corrected chi connectivity index (χ3v) is 6.84. The molecule has 8 nitrogen and oxygen atoms in total. The van der Waals surface area contributed by atoms with Gasteiger partial charge in [0.15, 0.2) is 6.10 Å². The van der Waals surface area contributed by atoms with Gasteiger partial charge >= 0.3 is 11.9 Å². The van der Waals surface area contributed by atoms with Gasteiger partial charge < -0.3 is 20.5 Å². The average molecular weight is 426 g/mol. The SMILES string of the molecule is COC(=O)C1(C)CC(NC(=O)c2csc([C@@H](CC(N)C(C)C)OC(C)=O)n2)C1C. The van der Waals surface area contributed by atoms with E-state index in [1.54, 1.807) is 5.38 Å². The molecule has 2 rings (SSSR count). The first kappa shape index (κ1) is 23.3. The summed E-state index contributed by atoms with van der Waals surface area (Å²) in [6.45, 7) is 9.10. The van der Waals surface area contributed by atoms with E-state index in [1.165, 1.54) is 25.4 Å². The molecule has 0 saturated heterocycles. The van der Waals surface area contributed by atoms with E-state index >= 15 is 0 Å². The van der Waals surface area contributed by atoms with Crippen LogP contribution in [0, 0.1) is 17.3 Å². The zero-order valence-corrected chi connectivity index (χ0v) is 18.7. The Balaban J connectivity index is 2.05. The van der Waals surface area contributed by atoms with E-state index in [1.807, 2.05) is 27.7 Å². The number of nitrogens with zero attached hydrogens (tertiary/aromatic N) is 1. The number of esters is 2. The number of thiazole rings is 1. The second-order valence-corrected chi connectivity index (χ2v) is 9.18. The van der Waals surface area contributed by atoms with E-state index in [2.05, 4.69) is 10.3 Å². The Labute approximate surface area is 175 Å². The van der Waals surface area contributed by atoms with Gasteiger partial charge in [0.05, 0.1) is 12.5 Å². The van der Waals surface area contributed by atoms with E-state index in [4.69, 9.17) is 15.2 Å². The lowest BCUT2D eigenvalue weighted by Gasteiger charge is -2.49. The first-order chi connectivity index (χ1) is 13.5. The zero-order chi connectivity index (χ0) is 21.9. The predicted octanol–water partition coefficient (Wildman–Crippen LogP) is 2.44. The molecule has 1 fully saturated rings. The predicted molar refractivity (Wildman–Crippen MR) is 109 cm³/mol. The van der Waals surface area contributed by atoms with Crippen molar-refractivity contribution >= 4 is 29.2 Å². The van der Waals surface area contributed by atoms with Crippen LogP contribution in [0.2, 0.25) is 0 Å². The summed E-state index contributed by atoms with van der Waals surface area (Å²) in [7, 11) is 1.37. The molecule has 0 bridgehead atoms. The van der Waals surface area contributed by atoms with Gasteiger partial charge in [-0.3, -0.25) is 14.4 Å². The molecular weight excluding hydrogens is 394 g/mol. The van der Waals surface area contributed by atoms with Crippen LogP contribution in [0.1, 0.15) is 69.1 Å². The fourth-order valence-electron chi connectivity index (χ4n) is 3.48. The average Bonchev–Trinajstić information content (AvgIpc) is 3.15. The molecule has 1 aromatic heterocycles. The molecule has 162 valence electrons. The molecule has 1 saturated carbocycles. The highest BCUT2D eigenvalue weighted by Gasteiger charge is 2.54.